The van der Waals surface area contributed by atoms with E-state index in [4.69, 9.17) is 15.2 Å². The molecule has 0 aromatic carbocycles. The van der Waals surface area contributed by atoms with Crippen LogP contribution in [0.1, 0.15) is 12.8 Å². The molecule has 1 heterocycles. The SMILES string of the molecule is COCCOCC(=O)N1CCCC(N)C1. The summed E-state index contributed by atoms with van der Waals surface area (Å²) < 4.78 is 9.98. The normalized spacial score (nSPS) is 21.7. The van der Waals surface area contributed by atoms with Gasteiger partial charge in [0.1, 0.15) is 6.61 Å². The Balaban J connectivity index is 2.15. The molecule has 0 aliphatic carbocycles. The molecule has 0 radical (unpaired) electrons. The highest BCUT2D eigenvalue weighted by atomic mass is 16.5. The van der Waals surface area contributed by atoms with Crippen molar-refractivity contribution in [3.05, 3.63) is 0 Å². The maximum Gasteiger partial charge on any atom is 0.248 e. The second-order valence-electron chi connectivity index (χ2n) is 3.79. The fourth-order valence-corrected chi connectivity index (χ4v) is 1.63. The monoisotopic (exact) mass is 216 g/mol. The number of hydrogen-bond donors (Lipinski definition) is 1. The Labute approximate surface area is 90.5 Å². The van der Waals surface area contributed by atoms with Crippen molar-refractivity contribution in [2.24, 2.45) is 5.73 Å². The Bertz CT molecular complexity index is 199. The molecular formula is C10H20N2O3. The molecule has 1 atom stereocenters. The summed E-state index contributed by atoms with van der Waals surface area (Å²) in [6.45, 7) is 2.58. The van der Waals surface area contributed by atoms with Crippen molar-refractivity contribution in [1.29, 1.82) is 0 Å². The van der Waals surface area contributed by atoms with Crippen LogP contribution >= 0.6 is 0 Å². The first-order valence-corrected chi connectivity index (χ1v) is 5.34. The Morgan fingerprint density at radius 1 is 1.53 bits per heavy atom. The second-order valence-corrected chi connectivity index (χ2v) is 3.79. The molecule has 5 heteroatoms. The smallest absolute Gasteiger partial charge is 0.248 e. The van der Waals surface area contributed by atoms with Crippen molar-refractivity contribution >= 4 is 5.91 Å². The topological polar surface area (TPSA) is 64.8 Å². The van der Waals surface area contributed by atoms with E-state index in [1.807, 2.05) is 0 Å². The van der Waals surface area contributed by atoms with E-state index in [2.05, 4.69) is 0 Å². The first-order chi connectivity index (χ1) is 7.24. The Kier molecular flexibility index (Phi) is 5.60. The zero-order valence-corrected chi connectivity index (χ0v) is 9.28. The van der Waals surface area contributed by atoms with Crippen LogP contribution in [0.2, 0.25) is 0 Å². The number of ether oxygens (including phenoxy) is 2. The molecule has 1 saturated heterocycles. The van der Waals surface area contributed by atoms with E-state index >= 15 is 0 Å². The highest BCUT2D eigenvalue weighted by Gasteiger charge is 2.20. The maximum atomic E-state index is 11.6. The summed E-state index contributed by atoms with van der Waals surface area (Å²) in [5.74, 6) is 0.0289. The van der Waals surface area contributed by atoms with Gasteiger partial charge in [-0.2, -0.15) is 0 Å². The largest absolute Gasteiger partial charge is 0.382 e. The van der Waals surface area contributed by atoms with Gasteiger partial charge in [0, 0.05) is 26.2 Å². The zero-order valence-electron chi connectivity index (χ0n) is 9.28. The lowest BCUT2D eigenvalue weighted by atomic mass is 10.1. The molecule has 0 bridgehead atoms. The van der Waals surface area contributed by atoms with Gasteiger partial charge in [-0.05, 0) is 12.8 Å². The van der Waals surface area contributed by atoms with E-state index in [1.54, 1.807) is 12.0 Å². The van der Waals surface area contributed by atoms with E-state index < -0.39 is 0 Å². The van der Waals surface area contributed by atoms with Crippen molar-refractivity contribution in [2.75, 3.05) is 40.0 Å². The number of hydrogen-bond acceptors (Lipinski definition) is 4. The highest BCUT2D eigenvalue weighted by molar-refractivity contribution is 5.77. The molecule has 1 aliphatic rings. The second kappa shape index (κ2) is 6.76. The van der Waals surface area contributed by atoms with Crippen LogP contribution in [0.3, 0.4) is 0 Å². The molecule has 0 aromatic rings. The van der Waals surface area contributed by atoms with Gasteiger partial charge in [0.2, 0.25) is 5.91 Å². The van der Waals surface area contributed by atoms with Gasteiger partial charge in [0.05, 0.1) is 13.2 Å². The quantitative estimate of drug-likeness (QED) is 0.635. The third-order valence-electron chi connectivity index (χ3n) is 2.47. The van der Waals surface area contributed by atoms with Gasteiger partial charge < -0.3 is 20.1 Å². The van der Waals surface area contributed by atoms with Gasteiger partial charge in [0.15, 0.2) is 0 Å². The molecule has 1 fully saturated rings. The summed E-state index contributed by atoms with van der Waals surface area (Å²) in [5, 5.41) is 0. The van der Waals surface area contributed by atoms with Crippen molar-refractivity contribution in [2.45, 2.75) is 18.9 Å². The van der Waals surface area contributed by atoms with Gasteiger partial charge in [-0.25, -0.2) is 0 Å². The Morgan fingerprint density at radius 2 is 2.33 bits per heavy atom. The van der Waals surface area contributed by atoms with Gasteiger partial charge in [-0.15, -0.1) is 0 Å². The van der Waals surface area contributed by atoms with Gasteiger partial charge in [-0.1, -0.05) is 0 Å². The van der Waals surface area contributed by atoms with E-state index in [9.17, 15) is 4.79 Å². The maximum absolute atomic E-state index is 11.6. The summed E-state index contributed by atoms with van der Waals surface area (Å²) in [7, 11) is 1.61. The van der Waals surface area contributed by atoms with Crippen LogP contribution in [-0.4, -0.2) is 56.9 Å². The summed E-state index contributed by atoms with van der Waals surface area (Å²) in [6, 6.07) is 0.127. The lowest BCUT2D eigenvalue weighted by Crippen LogP contribution is -2.47. The minimum atomic E-state index is 0.0289. The number of carbonyl (C=O) groups is 1. The van der Waals surface area contributed by atoms with Crippen molar-refractivity contribution in [3.8, 4) is 0 Å². The standard InChI is InChI=1S/C10H20N2O3/c1-14-5-6-15-8-10(13)12-4-2-3-9(11)7-12/h9H,2-8,11H2,1H3. The van der Waals surface area contributed by atoms with Crippen molar-refractivity contribution in [1.82, 2.24) is 4.90 Å². The predicted molar refractivity (Wildman–Crippen MR) is 56.5 cm³/mol. The average Bonchev–Trinajstić information content (AvgIpc) is 2.24. The number of piperidine rings is 1. The number of amides is 1. The molecular weight excluding hydrogens is 196 g/mol. The van der Waals surface area contributed by atoms with Gasteiger partial charge in [0.25, 0.3) is 0 Å². The molecule has 15 heavy (non-hydrogen) atoms. The number of likely N-dealkylation sites (tertiary alicyclic amines) is 1. The van der Waals surface area contributed by atoms with Crippen LogP contribution in [0.15, 0.2) is 0 Å². The molecule has 2 N–H and O–H groups in total. The number of nitrogens with zero attached hydrogens (tertiary/aromatic N) is 1. The summed E-state index contributed by atoms with van der Waals surface area (Å²) in [4.78, 5) is 13.4. The number of methoxy groups -OCH3 is 1. The van der Waals surface area contributed by atoms with Crippen molar-refractivity contribution < 1.29 is 14.3 Å². The predicted octanol–water partition coefficient (Wildman–Crippen LogP) is -0.401. The van der Waals surface area contributed by atoms with Gasteiger partial charge in [-0.3, -0.25) is 4.79 Å². The third kappa shape index (κ3) is 4.59. The summed E-state index contributed by atoms with van der Waals surface area (Å²) >= 11 is 0. The van der Waals surface area contributed by atoms with Crippen molar-refractivity contribution in [3.63, 3.8) is 0 Å². The summed E-state index contributed by atoms with van der Waals surface area (Å²) in [6.07, 6.45) is 2.00. The molecule has 88 valence electrons. The molecule has 1 unspecified atom stereocenters. The van der Waals surface area contributed by atoms with Crippen LogP contribution in [-0.2, 0) is 14.3 Å². The summed E-state index contributed by atoms with van der Waals surface area (Å²) in [5.41, 5.74) is 5.78. The first kappa shape index (κ1) is 12.4. The highest BCUT2D eigenvalue weighted by Crippen LogP contribution is 2.08. The Morgan fingerprint density at radius 3 is 3.00 bits per heavy atom. The lowest BCUT2D eigenvalue weighted by Gasteiger charge is -2.30. The van der Waals surface area contributed by atoms with Crippen LogP contribution in [0.4, 0.5) is 0 Å². The van der Waals surface area contributed by atoms with E-state index in [-0.39, 0.29) is 18.6 Å². The number of rotatable bonds is 5. The molecule has 0 aromatic heterocycles. The number of nitrogens with two attached hydrogens (primary N) is 1. The lowest BCUT2D eigenvalue weighted by molar-refractivity contribution is -0.137. The van der Waals surface area contributed by atoms with E-state index in [0.29, 0.717) is 19.8 Å². The minimum absolute atomic E-state index is 0.0289. The number of carbonyl (C=O) groups excluding carboxylic acids is 1. The molecule has 1 amide bonds. The molecule has 1 aliphatic heterocycles. The van der Waals surface area contributed by atoms with Gasteiger partial charge >= 0.3 is 0 Å². The molecule has 5 nitrogen and oxygen atoms in total. The molecule has 0 spiro atoms. The average molecular weight is 216 g/mol. The molecule has 1 rings (SSSR count). The van der Waals surface area contributed by atoms with Crippen LogP contribution in [0.5, 0.6) is 0 Å². The zero-order chi connectivity index (χ0) is 11.1. The Hall–Kier alpha value is -0.650. The van der Waals surface area contributed by atoms with Crippen LogP contribution < -0.4 is 5.73 Å². The van der Waals surface area contributed by atoms with Crippen LogP contribution in [0, 0.1) is 0 Å². The first-order valence-electron chi connectivity index (χ1n) is 5.34. The third-order valence-corrected chi connectivity index (χ3v) is 2.47. The fraction of sp³-hybridized carbons (Fsp3) is 0.900. The van der Waals surface area contributed by atoms with E-state index in [1.165, 1.54) is 0 Å². The molecule has 0 saturated carbocycles. The minimum Gasteiger partial charge on any atom is -0.382 e. The van der Waals surface area contributed by atoms with E-state index in [0.717, 1.165) is 19.4 Å². The fourth-order valence-electron chi connectivity index (χ4n) is 1.63. The van der Waals surface area contributed by atoms with Crippen LogP contribution in [0.25, 0.3) is 0 Å².